The molecule has 0 spiro atoms. The van der Waals surface area contributed by atoms with Crippen LogP contribution in [-0.4, -0.2) is 64.8 Å². The SMILES string of the molecule is CS(=O)(=O)C1CCN(c2ccc(C([OH2+])=NC(=N)C3(c4ccc(-c5cnc(N)nc5)cc4)CCC3)cn2)C1. The van der Waals surface area contributed by atoms with Crippen molar-refractivity contribution in [2.45, 2.75) is 36.3 Å². The summed E-state index contributed by atoms with van der Waals surface area (Å²) in [5, 5.41) is 16.9. The molecule has 2 fully saturated rings. The van der Waals surface area contributed by atoms with Crippen LogP contribution in [0.1, 0.15) is 36.8 Å². The van der Waals surface area contributed by atoms with E-state index >= 15 is 0 Å². The zero-order valence-corrected chi connectivity index (χ0v) is 21.4. The van der Waals surface area contributed by atoms with Gasteiger partial charge in [-0.05, 0) is 42.5 Å². The van der Waals surface area contributed by atoms with Crippen LogP contribution in [-0.2, 0) is 15.3 Å². The van der Waals surface area contributed by atoms with Gasteiger partial charge >= 0.3 is 5.90 Å². The molecule has 37 heavy (non-hydrogen) atoms. The van der Waals surface area contributed by atoms with E-state index in [1.807, 2.05) is 29.2 Å². The highest BCUT2D eigenvalue weighted by molar-refractivity contribution is 7.91. The van der Waals surface area contributed by atoms with Crippen LogP contribution in [0.25, 0.3) is 11.1 Å². The molecule has 5 N–H and O–H groups in total. The van der Waals surface area contributed by atoms with E-state index in [2.05, 4.69) is 19.9 Å². The van der Waals surface area contributed by atoms with Gasteiger partial charge in [0.1, 0.15) is 17.2 Å². The Labute approximate surface area is 215 Å². The first-order valence-electron chi connectivity index (χ1n) is 12.1. The lowest BCUT2D eigenvalue weighted by molar-refractivity contribution is 0.336. The zero-order valence-electron chi connectivity index (χ0n) is 20.6. The highest BCUT2D eigenvalue weighted by Gasteiger charge is 2.43. The minimum absolute atomic E-state index is 0.0126. The molecule has 192 valence electrons. The Morgan fingerprint density at radius 3 is 2.32 bits per heavy atom. The van der Waals surface area contributed by atoms with Gasteiger partial charge in [-0.1, -0.05) is 30.7 Å². The number of anilines is 2. The molecule has 11 heteroatoms. The number of hydrogen-bond acceptors (Lipinski definition) is 8. The second-order valence-electron chi connectivity index (χ2n) is 9.74. The van der Waals surface area contributed by atoms with Gasteiger partial charge in [-0.2, -0.15) is 0 Å². The number of aliphatic imine (C=N–C) groups is 1. The van der Waals surface area contributed by atoms with Gasteiger partial charge in [0.25, 0.3) is 0 Å². The number of amidine groups is 1. The van der Waals surface area contributed by atoms with Crippen molar-refractivity contribution in [3.8, 4) is 11.1 Å². The maximum Gasteiger partial charge on any atom is 0.367 e. The van der Waals surface area contributed by atoms with Crippen molar-refractivity contribution in [2.24, 2.45) is 4.99 Å². The fourth-order valence-electron chi connectivity index (χ4n) is 4.94. The van der Waals surface area contributed by atoms with E-state index in [9.17, 15) is 8.42 Å². The normalized spacial score (nSPS) is 19.4. The molecule has 2 aromatic heterocycles. The van der Waals surface area contributed by atoms with Crippen LogP contribution < -0.4 is 10.6 Å². The average Bonchev–Trinajstić information content (AvgIpc) is 3.36. The van der Waals surface area contributed by atoms with Crippen molar-refractivity contribution in [3.05, 3.63) is 66.1 Å². The molecule has 0 radical (unpaired) electrons. The molecule has 1 aliphatic carbocycles. The summed E-state index contributed by atoms with van der Waals surface area (Å²) in [4.78, 5) is 18.9. The second kappa shape index (κ2) is 9.55. The van der Waals surface area contributed by atoms with Crippen LogP contribution in [0.2, 0.25) is 0 Å². The topological polar surface area (TPSA) is 161 Å². The van der Waals surface area contributed by atoms with E-state index in [1.165, 1.54) is 6.26 Å². The molecule has 1 unspecified atom stereocenters. The largest absolute Gasteiger partial charge is 0.578 e. The van der Waals surface area contributed by atoms with Crippen molar-refractivity contribution in [2.75, 3.05) is 30.0 Å². The van der Waals surface area contributed by atoms with Crippen LogP contribution in [0.15, 0.2) is 60.0 Å². The van der Waals surface area contributed by atoms with E-state index in [1.54, 1.807) is 30.7 Å². The van der Waals surface area contributed by atoms with Crippen LogP contribution in [0.3, 0.4) is 0 Å². The number of pyridine rings is 1. The van der Waals surface area contributed by atoms with Crippen LogP contribution in [0.4, 0.5) is 11.8 Å². The van der Waals surface area contributed by atoms with Crippen molar-refractivity contribution in [3.63, 3.8) is 0 Å². The molecule has 1 atom stereocenters. The highest BCUT2D eigenvalue weighted by Crippen LogP contribution is 2.45. The lowest BCUT2D eigenvalue weighted by Crippen LogP contribution is -2.41. The Kier molecular flexibility index (Phi) is 6.40. The highest BCUT2D eigenvalue weighted by atomic mass is 32.2. The molecule has 3 aromatic rings. The molecular formula is C26H30N7O3S+. The standard InChI is InChI=1S/C26H29N7O3S/c1-37(35,36)21-9-12-33(16-21)22-8-5-18(13-29-22)23(34)32-24(27)26(10-2-11-26)20-6-3-17(4-7-20)19-14-30-25(28)31-15-19/h3-8,13-15,21H,2,9-12,16H2,1H3,(H2,27,32,34)(H2,28,30,31)/p+1. The third-order valence-electron chi connectivity index (χ3n) is 7.42. The summed E-state index contributed by atoms with van der Waals surface area (Å²) in [5.41, 5.74) is 8.41. The fourth-order valence-corrected chi connectivity index (χ4v) is 5.93. The van der Waals surface area contributed by atoms with E-state index < -0.39 is 15.3 Å². The summed E-state index contributed by atoms with van der Waals surface area (Å²) in [6.07, 6.45) is 9.40. The van der Waals surface area contributed by atoms with Gasteiger partial charge in [-0.3, -0.25) is 5.41 Å². The summed E-state index contributed by atoms with van der Waals surface area (Å²) in [7, 11) is -3.08. The third-order valence-corrected chi connectivity index (χ3v) is 9.02. The monoisotopic (exact) mass is 520 g/mol. The number of nitrogens with two attached hydrogens (primary N) is 1. The smallest absolute Gasteiger partial charge is 0.367 e. The number of nitrogen functional groups attached to an aromatic ring is 1. The Balaban J connectivity index is 1.31. The van der Waals surface area contributed by atoms with Gasteiger partial charge in [0.15, 0.2) is 9.84 Å². The Hall–Kier alpha value is -3.86. The van der Waals surface area contributed by atoms with Crippen LogP contribution in [0.5, 0.6) is 0 Å². The van der Waals surface area contributed by atoms with Gasteiger partial charge in [-0.15, -0.1) is 4.99 Å². The Bertz CT molecular complexity index is 1430. The predicted molar refractivity (Wildman–Crippen MR) is 145 cm³/mol. The summed E-state index contributed by atoms with van der Waals surface area (Å²) >= 11 is 0. The lowest BCUT2D eigenvalue weighted by Gasteiger charge is -2.41. The number of nitrogens with one attached hydrogen (secondary N) is 1. The molecule has 1 saturated carbocycles. The molecule has 0 amide bonds. The van der Waals surface area contributed by atoms with Crippen LogP contribution >= 0.6 is 0 Å². The van der Waals surface area contributed by atoms with Gasteiger partial charge in [0.2, 0.25) is 5.95 Å². The number of nitrogens with zero attached hydrogens (tertiary/aromatic N) is 5. The van der Waals surface area contributed by atoms with Crippen molar-refractivity contribution >= 4 is 33.3 Å². The maximum absolute atomic E-state index is 11.8. The molecule has 1 aromatic carbocycles. The molecule has 1 aliphatic heterocycles. The molecule has 2 aliphatic rings. The summed E-state index contributed by atoms with van der Waals surface area (Å²) in [6, 6.07) is 11.5. The molecule has 10 nitrogen and oxygen atoms in total. The van der Waals surface area contributed by atoms with E-state index in [4.69, 9.17) is 16.2 Å². The lowest BCUT2D eigenvalue weighted by atomic mass is 9.63. The van der Waals surface area contributed by atoms with Crippen molar-refractivity contribution in [1.82, 2.24) is 15.0 Å². The predicted octanol–water partition coefficient (Wildman–Crippen LogP) is 2.31. The Morgan fingerprint density at radius 1 is 1.08 bits per heavy atom. The quantitative estimate of drug-likeness (QED) is 0.286. The molecule has 0 bridgehead atoms. The first-order valence-corrected chi connectivity index (χ1v) is 14.1. The van der Waals surface area contributed by atoms with Gasteiger partial charge in [-0.25, -0.2) is 23.4 Å². The number of rotatable bonds is 6. The summed E-state index contributed by atoms with van der Waals surface area (Å²) in [6.45, 7) is 1.05. The summed E-state index contributed by atoms with van der Waals surface area (Å²) < 4.78 is 23.7. The molecular weight excluding hydrogens is 490 g/mol. The van der Waals surface area contributed by atoms with E-state index in [0.717, 1.165) is 36.0 Å². The first-order chi connectivity index (χ1) is 17.7. The minimum Gasteiger partial charge on any atom is -0.578 e. The summed E-state index contributed by atoms with van der Waals surface area (Å²) in [5.74, 6) is 1.07. The number of sulfone groups is 1. The minimum atomic E-state index is -3.08. The molecule has 3 heterocycles. The maximum atomic E-state index is 11.8. The third kappa shape index (κ3) is 4.91. The van der Waals surface area contributed by atoms with Crippen LogP contribution in [0, 0.1) is 5.41 Å². The molecule has 5 rings (SSSR count). The van der Waals surface area contributed by atoms with E-state index in [0.29, 0.717) is 30.9 Å². The zero-order chi connectivity index (χ0) is 26.2. The van der Waals surface area contributed by atoms with Gasteiger partial charge < -0.3 is 15.7 Å². The average molecular weight is 521 g/mol. The number of benzene rings is 1. The van der Waals surface area contributed by atoms with Gasteiger partial charge in [0.05, 0.1) is 10.7 Å². The second-order valence-corrected chi connectivity index (χ2v) is 12.1. The first kappa shape index (κ1) is 24.8. The van der Waals surface area contributed by atoms with Gasteiger partial charge in [0, 0.05) is 43.5 Å². The molecule has 1 saturated heterocycles. The number of hydrogen-bond donors (Lipinski definition) is 2. The number of aromatic nitrogens is 3. The van der Waals surface area contributed by atoms with E-state index in [-0.39, 0.29) is 22.9 Å². The van der Waals surface area contributed by atoms with Crippen molar-refractivity contribution < 1.29 is 13.5 Å². The van der Waals surface area contributed by atoms with Crippen molar-refractivity contribution in [1.29, 1.82) is 5.41 Å². The fraction of sp³-hybridized carbons (Fsp3) is 0.346. The Morgan fingerprint density at radius 2 is 1.78 bits per heavy atom.